The highest BCUT2D eigenvalue weighted by molar-refractivity contribution is 5.63. The molecule has 0 aliphatic rings. The van der Waals surface area contributed by atoms with Crippen molar-refractivity contribution in [3.8, 4) is 11.4 Å². The van der Waals surface area contributed by atoms with Crippen molar-refractivity contribution in [3.05, 3.63) is 48.9 Å². The number of anilines is 3. The fourth-order valence-corrected chi connectivity index (χ4v) is 1.87. The van der Waals surface area contributed by atoms with Crippen molar-refractivity contribution in [1.29, 1.82) is 0 Å². The van der Waals surface area contributed by atoms with Gasteiger partial charge in [0.1, 0.15) is 5.82 Å². The van der Waals surface area contributed by atoms with E-state index in [0.29, 0.717) is 17.3 Å². The number of nitrogen functional groups attached to an aromatic ring is 1. The number of hydrogen-bond donors (Lipinski definition) is 2. The van der Waals surface area contributed by atoms with Crippen LogP contribution in [0.5, 0.6) is 0 Å². The highest BCUT2D eigenvalue weighted by Gasteiger charge is 2.05. The van der Waals surface area contributed by atoms with Crippen molar-refractivity contribution in [3.63, 3.8) is 0 Å². The number of aryl methyl sites for hydroxylation is 1. The molecule has 2 heterocycles. The maximum absolute atomic E-state index is 5.75. The van der Waals surface area contributed by atoms with Gasteiger partial charge in [-0.1, -0.05) is 6.07 Å². The van der Waals surface area contributed by atoms with E-state index in [1.807, 2.05) is 43.6 Å². The number of nitrogens with one attached hydrogen (secondary N) is 1. The van der Waals surface area contributed by atoms with E-state index in [2.05, 4.69) is 20.4 Å². The minimum absolute atomic E-state index is 0.631. The Bertz CT molecular complexity index is 734. The molecule has 6 nitrogen and oxygen atoms in total. The Morgan fingerprint density at radius 1 is 1.25 bits per heavy atom. The van der Waals surface area contributed by atoms with Gasteiger partial charge in [0.05, 0.1) is 11.8 Å². The molecular formula is C14H14N6. The standard InChI is InChI=1S/C14H14N6/c1-20-9-10(8-17-20)14-16-6-5-13(19-14)18-12-4-2-3-11(15)7-12/h2-9H,15H2,1H3,(H,16,18,19). The number of nitrogens with zero attached hydrogens (tertiary/aromatic N) is 4. The first-order chi connectivity index (χ1) is 9.70. The molecule has 0 aliphatic carbocycles. The zero-order chi connectivity index (χ0) is 13.9. The number of benzene rings is 1. The van der Waals surface area contributed by atoms with Gasteiger partial charge in [0.15, 0.2) is 5.82 Å². The molecule has 0 saturated heterocycles. The smallest absolute Gasteiger partial charge is 0.164 e. The highest BCUT2D eigenvalue weighted by atomic mass is 15.2. The molecule has 0 radical (unpaired) electrons. The van der Waals surface area contributed by atoms with Gasteiger partial charge >= 0.3 is 0 Å². The van der Waals surface area contributed by atoms with Crippen LogP contribution in [0.4, 0.5) is 17.2 Å². The normalized spacial score (nSPS) is 10.4. The summed E-state index contributed by atoms with van der Waals surface area (Å²) in [6, 6.07) is 9.32. The molecule has 1 aromatic carbocycles. The van der Waals surface area contributed by atoms with E-state index in [9.17, 15) is 0 Å². The summed E-state index contributed by atoms with van der Waals surface area (Å²) < 4.78 is 1.72. The lowest BCUT2D eigenvalue weighted by Crippen LogP contribution is -1.97. The first kappa shape index (κ1) is 12.2. The minimum atomic E-state index is 0.631. The molecule has 100 valence electrons. The average molecular weight is 266 g/mol. The minimum Gasteiger partial charge on any atom is -0.399 e. The fourth-order valence-electron chi connectivity index (χ4n) is 1.87. The molecule has 0 aliphatic heterocycles. The Kier molecular flexibility index (Phi) is 3.04. The van der Waals surface area contributed by atoms with Gasteiger partial charge in [0, 0.05) is 30.8 Å². The third kappa shape index (κ3) is 2.59. The molecule has 0 atom stereocenters. The zero-order valence-electron chi connectivity index (χ0n) is 11.0. The van der Waals surface area contributed by atoms with E-state index in [4.69, 9.17) is 5.73 Å². The lowest BCUT2D eigenvalue weighted by molar-refractivity contribution is 0.768. The predicted octanol–water partition coefficient (Wildman–Crippen LogP) is 2.20. The van der Waals surface area contributed by atoms with Gasteiger partial charge in [-0.05, 0) is 24.3 Å². The van der Waals surface area contributed by atoms with Crippen LogP contribution in [0.25, 0.3) is 11.4 Å². The second-order valence-corrected chi connectivity index (χ2v) is 4.42. The topological polar surface area (TPSA) is 81.7 Å². The summed E-state index contributed by atoms with van der Waals surface area (Å²) in [6.07, 6.45) is 5.32. The van der Waals surface area contributed by atoms with Crippen LogP contribution in [0.2, 0.25) is 0 Å². The summed E-state index contributed by atoms with van der Waals surface area (Å²) in [4.78, 5) is 8.72. The molecule has 2 aromatic heterocycles. The summed E-state index contributed by atoms with van der Waals surface area (Å²) in [5.74, 6) is 1.34. The maximum Gasteiger partial charge on any atom is 0.164 e. The largest absolute Gasteiger partial charge is 0.399 e. The Labute approximate surface area is 116 Å². The molecule has 0 amide bonds. The summed E-state index contributed by atoms with van der Waals surface area (Å²) in [7, 11) is 1.86. The Morgan fingerprint density at radius 2 is 2.15 bits per heavy atom. The van der Waals surface area contributed by atoms with Crippen LogP contribution in [0.15, 0.2) is 48.9 Å². The SMILES string of the molecule is Cn1cc(-c2nccc(Nc3cccc(N)c3)n2)cn1. The monoisotopic (exact) mass is 266 g/mol. The van der Waals surface area contributed by atoms with Crippen molar-refractivity contribution in [2.45, 2.75) is 0 Å². The van der Waals surface area contributed by atoms with Gasteiger partial charge in [-0.25, -0.2) is 9.97 Å². The van der Waals surface area contributed by atoms with Crippen LogP contribution >= 0.6 is 0 Å². The fraction of sp³-hybridized carbons (Fsp3) is 0.0714. The molecule has 3 rings (SSSR count). The van der Waals surface area contributed by atoms with E-state index in [-0.39, 0.29) is 0 Å². The van der Waals surface area contributed by atoms with Crippen molar-refractivity contribution < 1.29 is 0 Å². The molecule has 6 heteroatoms. The molecule has 0 unspecified atom stereocenters. The third-order valence-electron chi connectivity index (χ3n) is 2.78. The molecule has 0 spiro atoms. The van der Waals surface area contributed by atoms with Crippen LogP contribution in [0.1, 0.15) is 0 Å². The lowest BCUT2D eigenvalue weighted by Gasteiger charge is -2.06. The van der Waals surface area contributed by atoms with E-state index in [0.717, 1.165) is 11.3 Å². The molecule has 0 saturated carbocycles. The van der Waals surface area contributed by atoms with Crippen molar-refractivity contribution in [2.75, 3.05) is 11.1 Å². The van der Waals surface area contributed by atoms with E-state index in [1.54, 1.807) is 17.1 Å². The Morgan fingerprint density at radius 3 is 2.90 bits per heavy atom. The van der Waals surface area contributed by atoms with Gasteiger partial charge in [-0.15, -0.1) is 0 Å². The Hall–Kier alpha value is -2.89. The summed E-state index contributed by atoms with van der Waals surface area (Å²) in [5.41, 5.74) is 8.23. The Balaban J connectivity index is 1.88. The molecule has 0 fully saturated rings. The van der Waals surface area contributed by atoms with Crippen LogP contribution in [-0.2, 0) is 7.05 Å². The molecular weight excluding hydrogens is 252 g/mol. The van der Waals surface area contributed by atoms with Gasteiger partial charge in [-0.3, -0.25) is 4.68 Å². The van der Waals surface area contributed by atoms with Gasteiger partial charge in [0.25, 0.3) is 0 Å². The number of rotatable bonds is 3. The molecule has 3 N–H and O–H groups in total. The number of hydrogen-bond acceptors (Lipinski definition) is 5. The second-order valence-electron chi connectivity index (χ2n) is 4.42. The summed E-state index contributed by atoms with van der Waals surface area (Å²) in [6.45, 7) is 0. The van der Waals surface area contributed by atoms with Crippen LogP contribution in [0, 0.1) is 0 Å². The van der Waals surface area contributed by atoms with E-state index in [1.165, 1.54) is 0 Å². The summed E-state index contributed by atoms with van der Waals surface area (Å²) in [5, 5.41) is 7.32. The lowest BCUT2D eigenvalue weighted by atomic mass is 10.3. The van der Waals surface area contributed by atoms with Crippen LogP contribution < -0.4 is 11.1 Å². The quantitative estimate of drug-likeness (QED) is 0.710. The molecule has 0 bridgehead atoms. The van der Waals surface area contributed by atoms with Crippen molar-refractivity contribution in [1.82, 2.24) is 19.7 Å². The van der Waals surface area contributed by atoms with Gasteiger partial charge in [-0.2, -0.15) is 5.10 Å². The molecule has 20 heavy (non-hydrogen) atoms. The summed E-state index contributed by atoms with van der Waals surface area (Å²) >= 11 is 0. The number of aromatic nitrogens is 4. The first-order valence-corrected chi connectivity index (χ1v) is 6.15. The second kappa shape index (κ2) is 5.00. The molecule has 3 aromatic rings. The van der Waals surface area contributed by atoms with Crippen LogP contribution in [0.3, 0.4) is 0 Å². The third-order valence-corrected chi connectivity index (χ3v) is 2.78. The average Bonchev–Trinajstić information content (AvgIpc) is 2.86. The van der Waals surface area contributed by atoms with Crippen molar-refractivity contribution in [2.24, 2.45) is 7.05 Å². The van der Waals surface area contributed by atoms with Crippen LogP contribution in [-0.4, -0.2) is 19.7 Å². The number of nitrogens with two attached hydrogens (primary N) is 1. The first-order valence-electron chi connectivity index (χ1n) is 6.15. The highest BCUT2D eigenvalue weighted by Crippen LogP contribution is 2.19. The van der Waals surface area contributed by atoms with E-state index < -0.39 is 0 Å². The van der Waals surface area contributed by atoms with Gasteiger partial charge in [0.2, 0.25) is 0 Å². The maximum atomic E-state index is 5.75. The van der Waals surface area contributed by atoms with E-state index >= 15 is 0 Å². The predicted molar refractivity (Wildman–Crippen MR) is 78.4 cm³/mol. The van der Waals surface area contributed by atoms with Gasteiger partial charge < -0.3 is 11.1 Å². The zero-order valence-corrected chi connectivity index (χ0v) is 11.0. The van der Waals surface area contributed by atoms with Crippen molar-refractivity contribution >= 4 is 17.2 Å².